The number of halogens is 1. The second-order valence-electron chi connectivity index (χ2n) is 4.44. The number of rotatable bonds is 6. The van der Waals surface area contributed by atoms with Crippen LogP contribution < -0.4 is 10.1 Å². The van der Waals surface area contributed by atoms with Crippen LogP contribution in [0.5, 0.6) is 5.75 Å². The molecule has 1 aromatic rings. The highest BCUT2D eigenvalue weighted by Gasteiger charge is 2.09. The monoisotopic (exact) mass is 242 g/mol. The molecule has 1 rings (SSSR count). The van der Waals surface area contributed by atoms with Gasteiger partial charge in [-0.25, -0.2) is 0 Å². The predicted octanol–water partition coefficient (Wildman–Crippen LogP) is 1.95. The molecule has 0 unspecified atom stereocenters. The molecule has 0 saturated heterocycles. The third kappa shape index (κ3) is 5.38. The summed E-state index contributed by atoms with van der Waals surface area (Å²) in [6.45, 7) is 7.83. The van der Waals surface area contributed by atoms with Crippen molar-refractivity contribution in [3.63, 3.8) is 0 Å². The Kier molecular flexibility index (Phi) is 5.64. The number of nitrogens with two attached hydrogens (primary N) is 1. The van der Waals surface area contributed by atoms with Crippen molar-refractivity contribution < 1.29 is 10.1 Å². The Hall–Kier alpha value is -0.730. The minimum Gasteiger partial charge on any atom is -0.492 e. The molecule has 90 valence electrons. The van der Waals surface area contributed by atoms with Gasteiger partial charge in [-0.15, -0.1) is 11.6 Å². The van der Waals surface area contributed by atoms with Gasteiger partial charge >= 0.3 is 0 Å². The van der Waals surface area contributed by atoms with Crippen LogP contribution in [0.1, 0.15) is 19.4 Å². The van der Waals surface area contributed by atoms with Crippen LogP contribution in [0.4, 0.5) is 0 Å². The first kappa shape index (κ1) is 13.3. The van der Waals surface area contributed by atoms with Crippen LogP contribution in [0.2, 0.25) is 0 Å². The van der Waals surface area contributed by atoms with Gasteiger partial charge in [0.05, 0.1) is 12.6 Å². The average Bonchev–Trinajstić information content (AvgIpc) is 2.23. The molecule has 2 N–H and O–H groups in total. The molecule has 0 spiro atoms. The standard InChI is InChI=1S/C13H20ClNO/c1-10(2)15-8-12(14)9-16-13-6-4-5-11(3)7-13/h4-7,10,12,15H,8-9H2,1-3H3/p+1/t12-/m0/s1. The van der Waals surface area contributed by atoms with E-state index in [-0.39, 0.29) is 5.38 Å². The largest absolute Gasteiger partial charge is 0.492 e. The molecule has 0 amide bonds. The number of alkyl halides is 1. The van der Waals surface area contributed by atoms with Crippen LogP contribution in [-0.4, -0.2) is 24.6 Å². The zero-order valence-corrected chi connectivity index (χ0v) is 11.0. The van der Waals surface area contributed by atoms with Gasteiger partial charge in [0.15, 0.2) is 0 Å². The molecule has 0 bridgehead atoms. The zero-order chi connectivity index (χ0) is 12.0. The second-order valence-corrected chi connectivity index (χ2v) is 5.06. The van der Waals surface area contributed by atoms with Crippen molar-refractivity contribution in [3.05, 3.63) is 29.8 Å². The van der Waals surface area contributed by atoms with E-state index in [9.17, 15) is 0 Å². The molecule has 0 aliphatic carbocycles. The lowest BCUT2D eigenvalue weighted by Crippen LogP contribution is -2.90. The molecule has 0 aromatic heterocycles. The lowest BCUT2D eigenvalue weighted by molar-refractivity contribution is -0.682. The van der Waals surface area contributed by atoms with E-state index >= 15 is 0 Å². The number of hydrogen-bond donors (Lipinski definition) is 1. The molecular formula is C13H21ClNO+. The molecule has 16 heavy (non-hydrogen) atoms. The second kappa shape index (κ2) is 6.77. The summed E-state index contributed by atoms with van der Waals surface area (Å²) in [4.78, 5) is 0. The fourth-order valence-electron chi connectivity index (χ4n) is 1.38. The van der Waals surface area contributed by atoms with Crippen molar-refractivity contribution in [2.24, 2.45) is 0 Å². The molecule has 1 aromatic carbocycles. The Labute approximate surface area is 103 Å². The molecule has 0 saturated carbocycles. The molecule has 0 aliphatic rings. The van der Waals surface area contributed by atoms with Crippen LogP contribution in [0.15, 0.2) is 24.3 Å². The quantitative estimate of drug-likeness (QED) is 0.759. The van der Waals surface area contributed by atoms with E-state index in [1.807, 2.05) is 18.2 Å². The molecule has 1 atom stereocenters. The lowest BCUT2D eigenvalue weighted by atomic mass is 10.2. The van der Waals surface area contributed by atoms with E-state index in [1.54, 1.807) is 0 Å². The smallest absolute Gasteiger partial charge is 0.119 e. The normalized spacial score (nSPS) is 12.8. The summed E-state index contributed by atoms with van der Waals surface area (Å²) in [7, 11) is 0. The van der Waals surface area contributed by atoms with Gasteiger partial charge in [-0.05, 0) is 38.5 Å². The first-order chi connectivity index (χ1) is 7.58. The van der Waals surface area contributed by atoms with E-state index in [4.69, 9.17) is 16.3 Å². The van der Waals surface area contributed by atoms with Crippen LogP contribution in [-0.2, 0) is 0 Å². The van der Waals surface area contributed by atoms with Gasteiger partial charge in [-0.1, -0.05) is 12.1 Å². The maximum absolute atomic E-state index is 6.16. The topological polar surface area (TPSA) is 25.8 Å². The fourth-order valence-corrected chi connectivity index (χ4v) is 1.55. The third-order valence-electron chi connectivity index (χ3n) is 2.28. The summed E-state index contributed by atoms with van der Waals surface area (Å²) in [6.07, 6.45) is 0. The highest BCUT2D eigenvalue weighted by atomic mass is 35.5. The maximum atomic E-state index is 6.16. The number of hydrogen-bond acceptors (Lipinski definition) is 1. The Bertz CT molecular complexity index is 315. The number of ether oxygens (including phenoxy) is 1. The summed E-state index contributed by atoms with van der Waals surface area (Å²) >= 11 is 6.16. The SMILES string of the molecule is Cc1cccc(OC[C@@H](Cl)C[NH2+]C(C)C)c1. The van der Waals surface area contributed by atoms with Crippen molar-refractivity contribution >= 4 is 11.6 Å². The molecule has 0 fully saturated rings. The minimum atomic E-state index is 0.0583. The van der Waals surface area contributed by atoms with E-state index < -0.39 is 0 Å². The third-order valence-corrected chi connectivity index (χ3v) is 2.59. The summed E-state index contributed by atoms with van der Waals surface area (Å²) < 4.78 is 5.63. The van der Waals surface area contributed by atoms with E-state index in [2.05, 4.69) is 32.2 Å². The van der Waals surface area contributed by atoms with Crippen molar-refractivity contribution in [3.8, 4) is 5.75 Å². The van der Waals surface area contributed by atoms with Crippen molar-refractivity contribution in [1.82, 2.24) is 0 Å². The Morgan fingerprint density at radius 3 is 2.75 bits per heavy atom. The molecule has 0 heterocycles. The Morgan fingerprint density at radius 2 is 2.12 bits per heavy atom. The first-order valence-electron chi connectivity index (χ1n) is 5.75. The summed E-state index contributed by atoms with van der Waals surface area (Å²) in [5, 5.41) is 2.28. The first-order valence-corrected chi connectivity index (χ1v) is 6.18. The van der Waals surface area contributed by atoms with Crippen LogP contribution in [0, 0.1) is 6.92 Å². The van der Waals surface area contributed by atoms with Gasteiger partial charge in [0.1, 0.15) is 17.7 Å². The minimum absolute atomic E-state index is 0.0583. The Morgan fingerprint density at radius 1 is 1.38 bits per heavy atom. The summed E-state index contributed by atoms with van der Waals surface area (Å²) in [5.41, 5.74) is 1.21. The van der Waals surface area contributed by atoms with Crippen molar-refractivity contribution in [1.29, 1.82) is 0 Å². The molecular weight excluding hydrogens is 222 g/mol. The summed E-state index contributed by atoms with van der Waals surface area (Å²) in [5.74, 6) is 0.898. The van der Waals surface area contributed by atoms with Gasteiger partial charge < -0.3 is 10.1 Å². The fraction of sp³-hybridized carbons (Fsp3) is 0.538. The lowest BCUT2D eigenvalue weighted by Gasteiger charge is -2.12. The number of benzene rings is 1. The average molecular weight is 243 g/mol. The van der Waals surface area contributed by atoms with E-state index in [0.717, 1.165) is 12.3 Å². The van der Waals surface area contributed by atoms with Crippen molar-refractivity contribution in [2.75, 3.05) is 13.2 Å². The predicted molar refractivity (Wildman–Crippen MR) is 68.2 cm³/mol. The van der Waals surface area contributed by atoms with E-state index in [0.29, 0.717) is 12.6 Å². The zero-order valence-electron chi connectivity index (χ0n) is 10.2. The highest BCUT2D eigenvalue weighted by molar-refractivity contribution is 6.20. The number of quaternary nitrogens is 1. The number of aryl methyl sites for hydroxylation is 1. The van der Waals surface area contributed by atoms with Crippen LogP contribution in [0.25, 0.3) is 0 Å². The van der Waals surface area contributed by atoms with Gasteiger partial charge in [0.2, 0.25) is 0 Å². The Balaban J connectivity index is 2.28. The van der Waals surface area contributed by atoms with Crippen LogP contribution in [0.3, 0.4) is 0 Å². The van der Waals surface area contributed by atoms with Gasteiger partial charge in [0.25, 0.3) is 0 Å². The molecule has 2 nitrogen and oxygen atoms in total. The van der Waals surface area contributed by atoms with Gasteiger partial charge in [-0.3, -0.25) is 0 Å². The van der Waals surface area contributed by atoms with Crippen LogP contribution >= 0.6 is 11.6 Å². The molecule has 0 aliphatic heterocycles. The summed E-state index contributed by atoms with van der Waals surface area (Å²) in [6, 6.07) is 8.62. The van der Waals surface area contributed by atoms with Gasteiger partial charge in [-0.2, -0.15) is 0 Å². The molecule has 0 radical (unpaired) electrons. The van der Waals surface area contributed by atoms with Crippen molar-refractivity contribution in [2.45, 2.75) is 32.2 Å². The maximum Gasteiger partial charge on any atom is 0.119 e. The highest BCUT2D eigenvalue weighted by Crippen LogP contribution is 2.12. The molecule has 3 heteroatoms. The van der Waals surface area contributed by atoms with E-state index in [1.165, 1.54) is 5.56 Å². The van der Waals surface area contributed by atoms with Gasteiger partial charge in [0, 0.05) is 0 Å².